The van der Waals surface area contributed by atoms with E-state index >= 15 is 0 Å². The van der Waals surface area contributed by atoms with Crippen molar-refractivity contribution >= 4 is 39.9 Å². The number of hydrogen-bond donors (Lipinski definition) is 1. The molecule has 0 saturated carbocycles. The van der Waals surface area contributed by atoms with Gasteiger partial charge < -0.3 is 9.84 Å². The largest absolute Gasteiger partial charge is 0.349 e. The molecule has 4 rings (SSSR count). The number of rotatable bonds is 6. The average Bonchev–Trinajstić information content (AvgIpc) is 3.39. The van der Waals surface area contributed by atoms with Crippen LogP contribution >= 0.6 is 22.9 Å². The third-order valence-electron chi connectivity index (χ3n) is 4.58. The summed E-state index contributed by atoms with van der Waals surface area (Å²) in [5, 5.41) is 9.65. The number of aromatic nitrogens is 3. The van der Waals surface area contributed by atoms with E-state index < -0.39 is 6.04 Å². The average molecular weight is 429 g/mol. The van der Waals surface area contributed by atoms with Gasteiger partial charge in [-0.3, -0.25) is 14.2 Å². The number of fused-ring (bicyclic) bond motifs is 1. The molecule has 29 heavy (non-hydrogen) atoms. The van der Waals surface area contributed by atoms with Crippen LogP contribution in [-0.2, 0) is 11.3 Å². The molecule has 3 heterocycles. The molecule has 0 radical (unpaired) electrons. The van der Waals surface area contributed by atoms with Crippen LogP contribution in [0, 0.1) is 0 Å². The smallest absolute Gasteiger partial charge is 0.267 e. The van der Waals surface area contributed by atoms with Crippen molar-refractivity contribution in [3.63, 3.8) is 0 Å². The van der Waals surface area contributed by atoms with Crippen molar-refractivity contribution in [2.45, 2.75) is 25.9 Å². The maximum absolute atomic E-state index is 13.2. The Balaban J connectivity index is 1.70. The van der Waals surface area contributed by atoms with Crippen LogP contribution in [0.15, 0.2) is 57.4 Å². The molecule has 1 aromatic carbocycles. The zero-order valence-electron chi connectivity index (χ0n) is 15.5. The Kier molecular flexibility index (Phi) is 5.46. The van der Waals surface area contributed by atoms with Gasteiger partial charge in [0.1, 0.15) is 23.4 Å². The Labute approximate surface area is 174 Å². The summed E-state index contributed by atoms with van der Waals surface area (Å²) in [7, 11) is 0. The van der Waals surface area contributed by atoms with Gasteiger partial charge in [-0.15, -0.1) is 11.3 Å². The minimum Gasteiger partial charge on any atom is -0.349 e. The van der Waals surface area contributed by atoms with E-state index in [1.54, 1.807) is 35.6 Å². The quantitative estimate of drug-likeness (QED) is 0.500. The van der Waals surface area contributed by atoms with E-state index in [0.717, 1.165) is 4.88 Å². The molecule has 0 saturated heterocycles. The van der Waals surface area contributed by atoms with Crippen molar-refractivity contribution in [1.29, 1.82) is 0 Å². The topological polar surface area (TPSA) is 90.0 Å². The van der Waals surface area contributed by atoms with Crippen LogP contribution in [0.25, 0.3) is 22.4 Å². The van der Waals surface area contributed by atoms with Gasteiger partial charge in [-0.2, -0.15) is 0 Å². The van der Waals surface area contributed by atoms with Gasteiger partial charge in [0.2, 0.25) is 5.91 Å². The van der Waals surface area contributed by atoms with E-state index in [-0.39, 0.29) is 22.6 Å². The van der Waals surface area contributed by atoms with Crippen molar-refractivity contribution in [3.8, 4) is 11.3 Å². The second kappa shape index (κ2) is 8.18. The number of nitrogens with one attached hydrogen (secondary N) is 1. The minimum atomic E-state index is -0.688. The number of thiophene rings is 1. The Bertz CT molecular complexity index is 1200. The summed E-state index contributed by atoms with van der Waals surface area (Å²) in [4.78, 5) is 31.2. The minimum absolute atomic E-state index is 0.130. The lowest BCUT2D eigenvalue weighted by Gasteiger charge is -2.17. The zero-order chi connectivity index (χ0) is 20.4. The van der Waals surface area contributed by atoms with Crippen LogP contribution in [-0.4, -0.2) is 20.6 Å². The molecule has 0 fully saturated rings. The van der Waals surface area contributed by atoms with Crippen molar-refractivity contribution < 1.29 is 9.32 Å². The molecule has 0 aliphatic heterocycles. The molecule has 3 aromatic heterocycles. The van der Waals surface area contributed by atoms with Gasteiger partial charge in [0.05, 0.1) is 6.54 Å². The molecule has 0 aliphatic carbocycles. The number of carbonyl (C=O) groups excluding carboxylic acids is 1. The molecule has 4 aromatic rings. The molecule has 0 unspecified atom stereocenters. The molecule has 0 spiro atoms. The maximum atomic E-state index is 13.2. The van der Waals surface area contributed by atoms with Gasteiger partial charge in [0, 0.05) is 15.5 Å². The molecule has 7 nitrogen and oxygen atoms in total. The SMILES string of the molecule is CC[C@@H](C(=O)NCc1cccs1)n1cnc2onc(-c3ccc(Cl)cc3)c2c1=O. The highest BCUT2D eigenvalue weighted by Crippen LogP contribution is 2.26. The fourth-order valence-electron chi connectivity index (χ4n) is 3.10. The molecule has 9 heteroatoms. The Morgan fingerprint density at radius 1 is 1.31 bits per heavy atom. The highest BCUT2D eigenvalue weighted by Gasteiger charge is 2.24. The van der Waals surface area contributed by atoms with Gasteiger partial charge in [0.15, 0.2) is 0 Å². The molecule has 148 valence electrons. The molecule has 1 N–H and O–H groups in total. The summed E-state index contributed by atoms with van der Waals surface area (Å²) in [6.45, 7) is 2.26. The fraction of sp³-hybridized carbons (Fsp3) is 0.200. The predicted molar refractivity (Wildman–Crippen MR) is 112 cm³/mol. The normalized spacial score (nSPS) is 12.2. The van der Waals surface area contributed by atoms with E-state index in [1.807, 2.05) is 24.4 Å². The standard InChI is InChI=1S/C20H17ClN4O3S/c1-2-15(18(26)22-10-14-4-3-9-29-14)25-11-23-19-16(20(25)27)17(24-28-19)12-5-7-13(21)8-6-12/h3-9,11,15H,2,10H2,1H3,(H,22,26)/t15-/m0/s1. The van der Waals surface area contributed by atoms with E-state index in [4.69, 9.17) is 16.1 Å². The predicted octanol–water partition coefficient (Wildman–Crippen LogP) is 4.03. The molecule has 0 aliphatic rings. The lowest BCUT2D eigenvalue weighted by Crippen LogP contribution is -2.36. The number of benzene rings is 1. The lowest BCUT2D eigenvalue weighted by atomic mass is 10.1. The van der Waals surface area contributed by atoms with Crippen molar-refractivity contribution in [2.24, 2.45) is 0 Å². The third-order valence-corrected chi connectivity index (χ3v) is 5.71. The molecular weight excluding hydrogens is 412 g/mol. The first-order valence-corrected chi connectivity index (χ1v) is 10.3. The second-order valence-corrected chi connectivity index (χ2v) is 7.87. The number of nitrogens with zero attached hydrogens (tertiary/aromatic N) is 3. The van der Waals surface area contributed by atoms with Crippen LogP contribution in [0.3, 0.4) is 0 Å². The first-order chi connectivity index (χ1) is 14.1. The zero-order valence-corrected chi connectivity index (χ0v) is 17.0. The summed E-state index contributed by atoms with van der Waals surface area (Å²) in [5.41, 5.74) is 0.807. The first-order valence-electron chi connectivity index (χ1n) is 9.01. The van der Waals surface area contributed by atoms with Crippen molar-refractivity contribution in [1.82, 2.24) is 20.0 Å². The molecule has 1 amide bonds. The van der Waals surface area contributed by atoms with Gasteiger partial charge in [-0.25, -0.2) is 4.98 Å². The van der Waals surface area contributed by atoms with Gasteiger partial charge in [-0.05, 0) is 30.0 Å². The summed E-state index contributed by atoms with van der Waals surface area (Å²) in [6, 6.07) is 10.1. The highest BCUT2D eigenvalue weighted by molar-refractivity contribution is 7.09. The Morgan fingerprint density at radius 3 is 2.79 bits per heavy atom. The fourth-order valence-corrected chi connectivity index (χ4v) is 3.87. The highest BCUT2D eigenvalue weighted by atomic mass is 35.5. The number of halogens is 1. The number of amides is 1. The van der Waals surface area contributed by atoms with Crippen LogP contribution in [0.1, 0.15) is 24.3 Å². The summed E-state index contributed by atoms with van der Waals surface area (Å²) in [6.07, 6.45) is 1.77. The van der Waals surface area contributed by atoms with Gasteiger partial charge >= 0.3 is 0 Å². The van der Waals surface area contributed by atoms with E-state index in [1.165, 1.54) is 10.9 Å². The van der Waals surface area contributed by atoms with Gasteiger partial charge in [-0.1, -0.05) is 41.9 Å². The van der Waals surface area contributed by atoms with E-state index in [0.29, 0.717) is 29.2 Å². The Hall–Kier alpha value is -2.97. The summed E-state index contributed by atoms with van der Waals surface area (Å²) in [5.74, 6) is -0.242. The van der Waals surface area contributed by atoms with E-state index in [2.05, 4.69) is 15.5 Å². The first kappa shape index (κ1) is 19.4. The van der Waals surface area contributed by atoms with Crippen LogP contribution in [0.2, 0.25) is 5.02 Å². The van der Waals surface area contributed by atoms with Crippen molar-refractivity contribution in [2.75, 3.05) is 0 Å². The third kappa shape index (κ3) is 3.81. The number of hydrogen-bond acceptors (Lipinski definition) is 6. The second-order valence-electron chi connectivity index (χ2n) is 6.40. The summed E-state index contributed by atoms with van der Waals surface area (Å²) >= 11 is 7.51. The van der Waals surface area contributed by atoms with Crippen LogP contribution in [0.5, 0.6) is 0 Å². The molecular formula is C20H17ClN4O3S. The van der Waals surface area contributed by atoms with Crippen LogP contribution < -0.4 is 10.9 Å². The van der Waals surface area contributed by atoms with Crippen LogP contribution in [0.4, 0.5) is 0 Å². The summed E-state index contributed by atoms with van der Waals surface area (Å²) < 4.78 is 6.57. The Morgan fingerprint density at radius 2 is 2.10 bits per heavy atom. The van der Waals surface area contributed by atoms with E-state index in [9.17, 15) is 9.59 Å². The maximum Gasteiger partial charge on any atom is 0.267 e. The molecule has 1 atom stereocenters. The monoisotopic (exact) mass is 428 g/mol. The molecule has 0 bridgehead atoms. The lowest BCUT2D eigenvalue weighted by molar-refractivity contribution is -0.124. The van der Waals surface area contributed by atoms with Crippen molar-refractivity contribution in [3.05, 3.63) is 68.4 Å². The van der Waals surface area contributed by atoms with Gasteiger partial charge in [0.25, 0.3) is 11.3 Å². The number of carbonyl (C=O) groups is 1.